The highest BCUT2D eigenvalue weighted by atomic mass is 16.6. The summed E-state index contributed by atoms with van der Waals surface area (Å²) in [5.74, 6) is -1.54. The van der Waals surface area contributed by atoms with Gasteiger partial charge in [-0.1, -0.05) is 13.8 Å². The largest absolute Gasteiger partial charge is 0.494 e. The van der Waals surface area contributed by atoms with Crippen molar-refractivity contribution in [3.63, 3.8) is 0 Å². The second kappa shape index (κ2) is 12.2. The van der Waals surface area contributed by atoms with Crippen LogP contribution in [0.3, 0.4) is 0 Å². The quantitative estimate of drug-likeness (QED) is 0.288. The van der Waals surface area contributed by atoms with E-state index in [-0.39, 0.29) is 23.0 Å². The standard InChI is InChI=1S/C23H27N3O8/c1-5-33-17-9-6-15(7-10-17)22(28)25-21(14(2)3)23(29)34-13-20(27)24-18-11-8-16(26(30)31)12-19(18)32-4/h6-12,14,21H,5,13H2,1-4H3,(H,24,27)(H,25,28). The minimum absolute atomic E-state index is 0.0801. The molecule has 2 amide bonds. The van der Waals surface area contributed by atoms with E-state index in [1.807, 2.05) is 6.92 Å². The van der Waals surface area contributed by atoms with Crippen molar-refractivity contribution in [1.82, 2.24) is 5.32 Å². The summed E-state index contributed by atoms with van der Waals surface area (Å²) >= 11 is 0. The highest BCUT2D eigenvalue weighted by Crippen LogP contribution is 2.28. The lowest BCUT2D eigenvalue weighted by atomic mass is 10.0. The van der Waals surface area contributed by atoms with E-state index in [4.69, 9.17) is 14.2 Å². The molecule has 0 saturated heterocycles. The topological polar surface area (TPSA) is 146 Å². The average molecular weight is 473 g/mol. The lowest BCUT2D eigenvalue weighted by Crippen LogP contribution is -2.45. The minimum Gasteiger partial charge on any atom is -0.494 e. The van der Waals surface area contributed by atoms with Gasteiger partial charge in [0.2, 0.25) is 0 Å². The van der Waals surface area contributed by atoms with Crippen LogP contribution in [-0.4, -0.2) is 49.1 Å². The fourth-order valence-electron chi connectivity index (χ4n) is 2.90. The van der Waals surface area contributed by atoms with E-state index in [2.05, 4.69) is 10.6 Å². The average Bonchev–Trinajstić information content (AvgIpc) is 2.81. The first-order chi connectivity index (χ1) is 16.2. The van der Waals surface area contributed by atoms with Crippen molar-refractivity contribution < 1.29 is 33.5 Å². The van der Waals surface area contributed by atoms with Crippen molar-refractivity contribution >= 4 is 29.2 Å². The van der Waals surface area contributed by atoms with Crippen molar-refractivity contribution in [2.24, 2.45) is 5.92 Å². The van der Waals surface area contributed by atoms with Gasteiger partial charge in [-0.3, -0.25) is 19.7 Å². The van der Waals surface area contributed by atoms with Crippen LogP contribution >= 0.6 is 0 Å². The number of carbonyl (C=O) groups excluding carboxylic acids is 3. The summed E-state index contributed by atoms with van der Waals surface area (Å²) in [4.78, 5) is 47.6. The van der Waals surface area contributed by atoms with Gasteiger partial charge in [-0.15, -0.1) is 0 Å². The molecule has 0 heterocycles. The summed E-state index contributed by atoms with van der Waals surface area (Å²) in [5.41, 5.74) is 0.313. The van der Waals surface area contributed by atoms with Crippen LogP contribution in [0.25, 0.3) is 0 Å². The molecule has 2 N–H and O–H groups in total. The Balaban J connectivity index is 1.97. The van der Waals surface area contributed by atoms with E-state index < -0.39 is 35.4 Å². The first-order valence-electron chi connectivity index (χ1n) is 10.5. The number of hydrogen-bond donors (Lipinski definition) is 2. The second-order valence-electron chi connectivity index (χ2n) is 7.45. The first kappa shape index (κ1) is 26.1. The second-order valence-corrected chi connectivity index (χ2v) is 7.45. The third-order valence-corrected chi connectivity index (χ3v) is 4.65. The summed E-state index contributed by atoms with van der Waals surface area (Å²) in [6.07, 6.45) is 0. The number of rotatable bonds is 11. The SMILES string of the molecule is CCOc1ccc(C(=O)NC(C(=O)OCC(=O)Nc2ccc([N+](=O)[O-])cc2OC)C(C)C)cc1. The Labute approximate surface area is 196 Å². The number of nitrogens with one attached hydrogen (secondary N) is 2. The number of esters is 1. The summed E-state index contributed by atoms with van der Waals surface area (Å²) in [6.45, 7) is 5.18. The number of hydrogen-bond acceptors (Lipinski definition) is 8. The van der Waals surface area contributed by atoms with Gasteiger partial charge in [-0.25, -0.2) is 4.79 Å². The molecule has 0 fully saturated rings. The molecule has 0 aliphatic carbocycles. The van der Waals surface area contributed by atoms with Crippen LogP contribution in [0.5, 0.6) is 11.5 Å². The van der Waals surface area contributed by atoms with Gasteiger partial charge in [0.15, 0.2) is 6.61 Å². The van der Waals surface area contributed by atoms with Crippen LogP contribution in [-0.2, 0) is 14.3 Å². The number of non-ortho nitro benzene ring substituents is 1. The van der Waals surface area contributed by atoms with Gasteiger partial charge in [-0.2, -0.15) is 0 Å². The molecule has 0 aliphatic heterocycles. The molecule has 2 rings (SSSR count). The van der Waals surface area contributed by atoms with Crippen molar-refractivity contribution in [3.8, 4) is 11.5 Å². The Morgan fingerprint density at radius 2 is 1.76 bits per heavy atom. The molecule has 0 saturated carbocycles. The van der Waals surface area contributed by atoms with Gasteiger partial charge in [0.1, 0.15) is 17.5 Å². The number of amides is 2. The van der Waals surface area contributed by atoms with Gasteiger partial charge < -0.3 is 24.8 Å². The number of methoxy groups -OCH3 is 1. The Morgan fingerprint density at radius 3 is 2.32 bits per heavy atom. The molecular weight excluding hydrogens is 446 g/mol. The van der Waals surface area contributed by atoms with Crippen LogP contribution in [0.15, 0.2) is 42.5 Å². The maximum Gasteiger partial charge on any atom is 0.329 e. The fraction of sp³-hybridized carbons (Fsp3) is 0.348. The molecule has 2 aromatic carbocycles. The number of nitrogens with zero attached hydrogens (tertiary/aromatic N) is 1. The molecule has 1 unspecified atom stereocenters. The predicted molar refractivity (Wildman–Crippen MR) is 123 cm³/mol. The Bertz CT molecular complexity index is 1040. The number of carbonyl (C=O) groups is 3. The van der Waals surface area contributed by atoms with E-state index in [9.17, 15) is 24.5 Å². The smallest absolute Gasteiger partial charge is 0.329 e. The molecule has 34 heavy (non-hydrogen) atoms. The maximum absolute atomic E-state index is 12.6. The van der Waals surface area contributed by atoms with Crippen LogP contribution in [0.2, 0.25) is 0 Å². The maximum atomic E-state index is 12.6. The molecule has 0 aliphatic rings. The van der Waals surface area contributed by atoms with Gasteiger partial charge in [0, 0.05) is 11.6 Å². The molecule has 0 bridgehead atoms. The van der Waals surface area contributed by atoms with E-state index in [0.717, 1.165) is 6.07 Å². The van der Waals surface area contributed by atoms with Gasteiger partial charge in [-0.05, 0) is 43.2 Å². The van der Waals surface area contributed by atoms with Crippen molar-refractivity contribution in [2.45, 2.75) is 26.8 Å². The predicted octanol–water partition coefficient (Wildman–Crippen LogP) is 2.94. The molecule has 0 aromatic heterocycles. The summed E-state index contributed by atoms with van der Waals surface area (Å²) < 4.78 is 15.5. The number of ether oxygens (including phenoxy) is 3. The molecule has 11 heteroatoms. The minimum atomic E-state index is -0.985. The summed E-state index contributed by atoms with van der Waals surface area (Å²) in [6, 6.07) is 9.14. The van der Waals surface area contributed by atoms with Crippen LogP contribution in [0.1, 0.15) is 31.1 Å². The van der Waals surface area contributed by atoms with Gasteiger partial charge in [0.25, 0.3) is 17.5 Å². The zero-order chi connectivity index (χ0) is 25.3. The van der Waals surface area contributed by atoms with Crippen LogP contribution in [0, 0.1) is 16.0 Å². The molecule has 0 spiro atoms. The number of nitro groups is 1. The van der Waals surface area contributed by atoms with Crippen molar-refractivity contribution in [2.75, 3.05) is 25.6 Å². The Kier molecular flexibility index (Phi) is 9.36. The van der Waals surface area contributed by atoms with Gasteiger partial charge in [0.05, 0.1) is 30.4 Å². The highest BCUT2D eigenvalue weighted by Gasteiger charge is 2.27. The van der Waals surface area contributed by atoms with Gasteiger partial charge >= 0.3 is 5.97 Å². The van der Waals surface area contributed by atoms with E-state index in [1.165, 1.54) is 19.2 Å². The van der Waals surface area contributed by atoms with E-state index in [0.29, 0.717) is 17.9 Å². The molecule has 2 aromatic rings. The molecule has 1 atom stereocenters. The zero-order valence-electron chi connectivity index (χ0n) is 19.3. The highest BCUT2D eigenvalue weighted by molar-refractivity contribution is 5.98. The van der Waals surface area contributed by atoms with Crippen LogP contribution in [0.4, 0.5) is 11.4 Å². The number of benzene rings is 2. The molecule has 182 valence electrons. The Hall–Kier alpha value is -4.15. The van der Waals surface area contributed by atoms with E-state index >= 15 is 0 Å². The number of anilines is 1. The first-order valence-corrected chi connectivity index (χ1v) is 10.5. The summed E-state index contributed by atoms with van der Waals surface area (Å²) in [5, 5.41) is 16.0. The normalized spacial score (nSPS) is 11.3. The van der Waals surface area contributed by atoms with Crippen LogP contribution < -0.4 is 20.1 Å². The third-order valence-electron chi connectivity index (χ3n) is 4.65. The monoisotopic (exact) mass is 473 g/mol. The molecule has 0 radical (unpaired) electrons. The fourth-order valence-corrected chi connectivity index (χ4v) is 2.90. The van der Waals surface area contributed by atoms with Crippen molar-refractivity contribution in [3.05, 3.63) is 58.1 Å². The Morgan fingerprint density at radius 1 is 1.09 bits per heavy atom. The lowest BCUT2D eigenvalue weighted by Gasteiger charge is -2.21. The molecular formula is C23H27N3O8. The summed E-state index contributed by atoms with van der Waals surface area (Å²) in [7, 11) is 1.30. The number of nitro benzene ring substituents is 1. The lowest BCUT2D eigenvalue weighted by molar-refractivity contribution is -0.384. The van der Waals surface area contributed by atoms with E-state index in [1.54, 1.807) is 38.1 Å². The zero-order valence-corrected chi connectivity index (χ0v) is 19.3. The molecule has 11 nitrogen and oxygen atoms in total. The van der Waals surface area contributed by atoms with Crippen molar-refractivity contribution in [1.29, 1.82) is 0 Å². The third kappa shape index (κ3) is 7.19.